The smallest absolute Gasteiger partial charge is 0.318 e. The second kappa shape index (κ2) is 9.51. The van der Waals surface area contributed by atoms with E-state index in [1.807, 2.05) is 24.3 Å². The van der Waals surface area contributed by atoms with E-state index in [9.17, 15) is 25.0 Å². The number of ether oxygens (including phenoxy) is 1. The van der Waals surface area contributed by atoms with Gasteiger partial charge >= 0.3 is 11.4 Å². The van der Waals surface area contributed by atoms with E-state index < -0.39 is 33.6 Å². The van der Waals surface area contributed by atoms with E-state index in [2.05, 4.69) is 4.90 Å². The number of nitro groups is 2. The summed E-state index contributed by atoms with van der Waals surface area (Å²) in [6.45, 7) is 2.46. The average molecular weight is 435 g/mol. The van der Waals surface area contributed by atoms with Gasteiger partial charge in [-0.05, 0) is 23.8 Å². The molecule has 0 spiro atoms. The van der Waals surface area contributed by atoms with Gasteiger partial charge in [0.25, 0.3) is 11.7 Å². The topological polar surface area (TPSA) is 119 Å². The highest BCUT2D eigenvalue weighted by molar-refractivity contribution is 6.30. The van der Waals surface area contributed by atoms with E-state index in [1.165, 1.54) is 6.07 Å². The first-order valence-electron chi connectivity index (χ1n) is 9.14. The predicted molar refractivity (Wildman–Crippen MR) is 109 cm³/mol. The van der Waals surface area contributed by atoms with E-state index in [4.69, 9.17) is 16.3 Å². The lowest BCUT2D eigenvalue weighted by Gasteiger charge is -2.34. The first kappa shape index (κ1) is 21.5. The van der Waals surface area contributed by atoms with Crippen LogP contribution >= 0.6 is 11.6 Å². The minimum absolute atomic E-state index is 0.381. The number of amides is 1. The molecule has 1 aliphatic heterocycles. The van der Waals surface area contributed by atoms with Crippen LogP contribution in [0.5, 0.6) is 5.75 Å². The lowest BCUT2D eigenvalue weighted by atomic mass is 10.2. The van der Waals surface area contributed by atoms with E-state index in [1.54, 1.807) is 4.90 Å². The van der Waals surface area contributed by atoms with Crippen LogP contribution in [0, 0.1) is 20.2 Å². The molecular weight excluding hydrogens is 416 g/mol. The van der Waals surface area contributed by atoms with Crippen molar-refractivity contribution in [3.63, 3.8) is 0 Å². The van der Waals surface area contributed by atoms with Gasteiger partial charge in [-0.3, -0.25) is 29.9 Å². The zero-order valence-electron chi connectivity index (χ0n) is 15.9. The Balaban J connectivity index is 1.56. The number of benzene rings is 2. The maximum atomic E-state index is 12.5. The molecule has 0 atom stereocenters. The third-order valence-electron chi connectivity index (χ3n) is 4.75. The summed E-state index contributed by atoms with van der Waals surface area (Å²) in [7, 11) is 0. The van der Waals surface area contributed by atoms with Gasteiger partial charge < -0.3 is 9.64 Å². The SMILES string of the molecule is O=C(COc1c([N+](=O)[O-])cccc1[N+](=O)[O-])N1CCN(Cc2ccc(Cl)cc2)CC1. The Labute approximate surface area is 176 Å². The van der Waals surface area contributed by atoms with E-state index in [-0.39, 0.29) is 5.91 Å². The fraction of sp³-hybridized carbons (Fsp3) is 0.316. The Bertz CT molecular complexity index is 912. The highest BCUT2D eigenvalue weighted by Crippen LogP contribution is 2.36. The van der Waals surface area contributed by atoms with Gasteiger partial charge in [0.15, 0.2) is 6.61 Å². The summed E-state index contributed by atoms with van der Waals surface area (Å²) in [4.78, 5) is 37.0. The number of carbonyl (C=O) groups is 1. The molecule has 3 rings (SSSR count). The lowest BCUT2D eigenvalue weighted by Crippen LogP contribution is -2.49. The molecule has 10 nitrogen and oxygen atoms in total. The molecule has 1 fully saturated rings. The molecule has 0 saturated carbocycles. The van der Waals surface area contributed by atoms with Gasteiger partial charge in [-0.25, -0.2) is 0 Å². The Morgan fingerprint density at radius 1 is 0.967 bits per heavy atom. The Kier molecular flexibility index (Phi) is 6.80. The molecule has 0 N–H and O–H groups in total. The Morgan fingerprint density at radius 3 is 2.07 bits per heavy atom. The van der Waals surface area contributed by atoms with Crippen molar-refractivity contribution in [3.8, 4) is 5.75 Å². The van der Waals surface area contributed by atoms with Crippen molar-refractivity contribution in [1.29, 1.82) is 0 Å². The molecule has 11 heteroatoms. The molecule has 158 valence electrons. The number of rotatable bonds is 7. The van der Waals surface area contributed by atoms with Gasteiger partial charge in [0.2, 0.25) is 0 Å². The fourth-order valence-corrected chi connectivity index (χ4v) is 3.30. The molecule has 1 aliphatic rings. The first-order valence-corrected chi connectivity index (χ1v) is 9.52. The van der Waals surface area contributed by atoms with Crippen molar-refractivity contribution in [2.75, 3.05) is 32.8 Å². The lowest BCUT2D eigenvalue weighted by molar-refractivity contribution is -0.396. The quantitative estimate of drug-likeness (QED) is 0.485. The van der Waals surface area contributed by atoms with Crippen LogP contribution in [0.4, 0.5) is 11.4 Å². The number of carbonyl (C=O) groups excluding carboxylic acids is 1. The van der Waals surface area contributed by atoms with Crippen molar-refractivity contribution in [1.82, 2.24) is 9.80 Å². The predicted octanol–water partition coefficient (Wildman–Crippen LogP) is 2.88. The molecule has 0 bridgehead atoms. The molecule has 1 saturated heterocycles. The Hall–Kier alpha value is -3.24. The van der Waals surface area contributed by atoms with Crippen LogP contribution < -0.4 is 4.74 Å². The van der Waals surface area contributed by atoms with Crippen LogP contribution in [0.3, 0.4) is 0 Å². The van der Waals surface area contributed by atoms with Crippen molar-refractivity contribution < 1.29 is 19.4 Å². The fourth-order valence-electron chi connectivity index (χ4n) is 3.18. The summed E-state index contributed by atoms with van der Waals surface area (Å²) in [6, 6.07) is 11.0. The first-order chi connectivity index (χ1) is 14.3. The van der Waals surface area contributed by atoms with E-state index >= 15 is 0 Å². The summed E-state index contributed by atoms with van der Waals surface area (Å²) in [5.41, 5.74) is 0.0146. The van der Waals surface area contributed by atoms with Crippen LogP contribution in [0.15, 0.2) is 42.5 Å². The standard InChI is InChI=1S/C19H19ClN4O6/c20-15-6-4-14(5-7-15)12-21-8-10-22(11-9-21)18(25)13-30-19-16(23(26)27)2-1-3-17(19)24(28)29/h1-7H,8-13H2. The monoisotopic (exact) mass is 434 g/mol. The molecule has 0 aliphatic carbocycles. The van der Waals surface area contributed by atoms with Crippen molar-refractivity contribution in [3.05, 3.63) is 73.3 Å². The van der Waals surface area contributed by atoms with Gasteiger partial charge in [0, 0.05) is 49.9 Å². The number of hydrogen-bond donors (Lipinski definition) is 0. The van der Waals surface area contributed by atoms with E-state index in [0.29, 0.717) is 31.2 Å². The summed E-state index contributed by atoms with van der Waals surface area (Å²) >= 11 is 5.89. The van der Waals surface area contributed by atoms with Gasteiger partial charge in [-0.15, -0.1) is 0 Å². The molecule has 1 heterocycles. The highest BCUT2D eigenvalue weighted by Gasteiger charge is 2.28. The summed E-state index contributed by atoms with van der Waals surface area (Å²) in [5, 5.41) is 23.0. The van der Waals surface area contributed by atoms with Gasteiger partial charge in [-0.1, -0.05) is 23.7 Å². The number of para-hydroxylation sites is 1. The van der Waals surface area contributed by atoms with Crippen LogP contribution in [-0.4, -0.2) is 58.3 Å². The minimum atomic E-state index is -0.775. The molecular formula is C19H19ClN4O6. The summed E-state index contributed by atoms with van der Waals surface area (Å²) in [6.07, 6.45) is 0. The molecule has 0 unspecified atom stereocenters. The van der Waals surface area contributed by atoms with Crippen LogP contribution in [0.1, 0.15) is 5.56 Å². The summed E-state index contributed by atoms with van der Waals surface area (Å²) < 4.78 is 5.24. The number of hydrogen-bond acceptors (Lipinski definition) is 7. The number of piperazine rings is 1. The van der Waals surface area contributed by atoms with Gasteiger partial charge in [0.05, 0.1) is 9.85 Å². The second-order valence-corrected chi connectivity index (χ2v) is 7.15. The molecule has 2 aromatic carbocycles. The highest BCUT2D eigenvalue weighted by atomic mass is 35.5. The maximum absolute atomic E-state index is 12.5. The van der Waals surface area contributed by atoms with Crippen LogP contribution in [-0.2, 0) is 11.3 Å². The molecule has 0 aromatic heterocycles. The average Bonchev–Trinajstić information content (AvgIpc) is 2.73. The largest absolute Gasteiger partial charge is 0.472 e. The van der Waals surface area contributed by atoms with Gasteiger partial charge in [-0.2, -0.15) is 0 Å². The van der Waals surface area contributed by atoms with Crippen molar-refractivity contribution >= 4 is 28.9 Å². The van der Waals surface area contributed by atoms with Crippen LogP contribution in [0.25, 0.3) is 0 Å². The third-order valence-corrected chi connectivity index (χ3v) is 5.00. The summed E-state index contributed by atoms with van der Waals surface area (Å²) in [5.74, 6) is -0.893. The van der Waals surface area contributed by atoms with Crippen LogP contribution in [0.2, 0.25) is 5.02 Å². The molecule has 0 radical (unpaired) electrons. The van der Waals surface area contributed by atoms with E-state index in [0.717, 1.165) is 24.2 Å². The van der Waals surface area contributed by atoms with Crippen molar-refractivity contribution in [2.45, 2.75) is 6.54 Å². The molecule has 2 aromatic rings. The Morgan fingerprint density at radius 2 is 1.53 bits per heavy atom. The van der Waals surface area contributed by atoms with Gasteiger partial charge in [0.1, 0.15) is 0 Å². The third kappa shape index (κ3) is 5.22. The zero-order chi connectivity index (χ0) is 21.7. The number of nitro benzene ring substituents is 2. The normalized spacial score (nSPS) is 14.4. The molecule has 30 heavy (non-hydrogen) atoms. The number of nitrogens with zero attached hydrogens (tertiary/aromatic N) is 4. The number of halogens is 1. The zero-order valence-corrected chi connectivity index (χ0v) is 16.7. The maximum Gasteiger partial charge on any atom is 0.318 e. The minimum Gasteiger partial charge on any atom is -0.472 e. The van der Waals surface area contributed by atoms with Crippen molar-refractivity contribution in [2.24, 2.45) is 0 Å². The molecule has 1 amide bonds. The second-order valence-electron chi connectivity index (χ2n) is 6.71.